The fourth-order valence-electron chi connectivity index (χ4n) is 5.79. The number of aryl methyl sites for hydroxylation is 1. The van der Waals surface area contributed by atoms with Gasteiger partial charge in [-0.05, 0) is 61.4 Å². The number of hydrogen-bond acceptors (Lipinski definition) is 9. The highest BCUT2D eigenvalue weighted by Gasteiger charge is 2.32. The zero-order chi connectivity index (χ0) is 27.1. The van der Waals surface area contributed by atoms with Gasteiger partial charge in [-0.2, -0.15) is 5.10 Å². The van der Waals surface area contributed by atoms with Gasteiger partial charge >= 0.3 is 0 Å². The van der Waals surface area contributed by atoms with E-state index in [0.29, 0.717) is 30.1 Å². The summed E-state index contributed by atoms with van der Waals surface area (Å²) >= 11 is 0. The molecule has 1 saturated carbocycles. The van der Waals surface area contributed by atoms with Crippen molar-refractivity contribution in [3.05, 3.63) is 65.9 Å². The molecule has 1 saturated heterocycles. The molecule has 0 spiro atoms. The van der Waals surface area contributed by atoms with Crippen molar-refractivity contribution in [3.8, 4) is 11.3 Å². The summed E-state index contributed by atoms with van der Waals surface area (Å²) in [6.07, 6.45) is 12.0. The maximum Gasteiger partial charge on any atom is 0.227 e. The van der Waals surface area contributed by atoms with Crippen LogP contribution in [0.5, 0.6) is 0 Å². The molecule has 2 fully saturated rings. The summed E-state index contributed by atoms with van der Waals surface area (Å²) in [5, 5.41) is 15.9. The summed E-state index contributed by atoms with van der Waals surface area (Å²) in [4.78, 5) is 25.0. The number of rotatable bonds is 8. The number of ether oxygens (including phenoxy) is 1. The summed E-state index contributed by atoms with van der Waals surface area (Å²) in [5.41, 5.74) is 5.64. The molecule has 1 aromatic carbocycles. The highest BCUT2D eigenvalue weighted by Crippen LogP contribution is 2.36. The maximum atomic E-state index is 13.4. The van der Waals surface area contributed by atoms with E-state index in [1.54, 1.807) is 17.1 Å². The smallest absolute Gasteiger partial charge is 0.227 e. The molecule has 11 heteroatoms. The Kier molecular flexibility index (Phi) is 6.60. The van der Waals surface area contributed by atoms with Gasteiger partial charge in [0.1, 0.15) is 5.69 Å². The Bertz CT molecular complexity index is 1520. The Balaban J connectivity index is 1.15. The summed E-state index contributed by atoms with van der Waals surface area (Å²) in [5.74, 6) is 0.699. The van der Waals surface area contributed by atoms with Crippen molar-refractivity contribution in [2.45, 2.75) is 56.7 Å². The van der Waals surface area contributed by atoms with Crippen LogP contribution in [0.15, 0.2) is 49.1 Å². The van der Waals surface area contributed by atoms with Crippen LogP contribution < -0.4 is 5.32 Å². The summed E-state index contributed by atoms with van der Waals surface area (Å²) in [6.45, 7) is 3.28. The molecular formula is C29H33N9O2. The van der Waals surface area contributed by atoms with E-state index in [4.69, 9.17) is 9.72 Å². The fraction of sp³-hybridized carbons (Fsp3) is 0.448. The van der Waals surface area contributed by atoms with Crippen molar-refractivity contribution in [2.75, 3.05) is 25.1 Å². The highest BCUT2D eigenvalue weighted by atomic mass is 16.5. The van der Waals surface area contributed by atoms with Crippen LogP contribution in [0.25, 0.3) is 11.3 Å². The van der Waals surface area contributed by atoms with Gasteiger partial charge in [0.15, 0.2) is 5.78 Å². The first-order valence-corrected chi connectivity index (χ1v) is 14.1. The largest absolute Gasteiger partial charge is 0.378 e. The minimum Gasteiger partial charge on any atom is -0.378 e. The topological polar surface area (TPSA) is 116 Å². The van der Waals surface area contributed by atoms with Crippen LogP contribution in [-0.2, 0) is 18.3 Å². The van der Waals surface area contributed by atoms with E-state index in [9.17, 15) is 4.79 Å². The average molecular weight is 540 g/mol. The molecule has 1 aliphatic carbocycles. The van der Waals surface area contributed by atoms with E-state index >= 15 is 0 Å². The van der Waals surface area contributed by atoms with Crippen LogP contribution in [-0.4, -0.2) is 71.2 Å². The molecule has 0 radical (unpaired) electrons. The second kappa shape index (κ2) is 10.5. The van der Waals surface area contributed by atoms with Gasteiger partial charge in [0.25, 0.3) is 0 Å². The number of aromatic nitrogens is 7. The molecule has 7 rings (SSSR count). The van der Waals surface area contributed by atoms with Crippen LogP contribution in [0, 0.1) is 0 Å². The first-order chi connectivity index (χ1) is 19.6. The minimum atomic E-state index is 0.0629. The minimum absolute atomic E-state index is 0.0629. The second-order valence-corrected chi connectivity index (χ2v) is 11.1. The molecule has 4 aromatic rings. The van der Waals surface area contributed by atoms with Crippen LogP contribution in [0.4, 0.5) is 11.6 Å². The number of benzene rings is 1. The molecule has 40 heavy (non-hydrogen) atoms. The van der Waals surface area contributed by atoms with Crippen LogP contribution in [0.3, 0.4) is 0 Å². The Morgan fingerprint density at radius 3 is 2.77 bits per heavy atom. The van der Waals surface area contributed by atoms with Gasteiger partial charge in [-0.25, -0.2) is 14.6 Å². The van der Waals surface area contributed by atoms with Crippen LogP contribution in [0.1, 0.15) is 65.7 Å². The number of hydrogen-bond donors (Lipinski definition) is 1. The molecule has 2 aliphatic heterocycles. The molecule has 0 bridgehead atoms. The maximum absolute atomic E-state index is 13.4. The molecule has 5 heterocycles. The molecule has 3 aromatic heterocycles. The Morgan fingerprint density at radius 1 is 1.12 bits per heavy atom. The van der Waals surface area contributed by atoms with E-state index in [0.717, 1.165) is 62.5 Å². The Hall–Kier alpha value is -3.96. The second-order valence-electron chi connectivity index (χ2n) is 11.1. The number of Topliss-reactive ketones (excluding diaryl/α,β-unsaturated/α-hetero) is 1. The number of fused-ring (bicyclic) bond motifs is 1. The lowest BCUT2D eigenvalue weighted by atomic mass is 9.87. The van der Waals surface area contributed by atoms with E-state index in [1.807, 2.05) is 30.2 Å². The molecule has 1 atom stereocenters. The normalized spacial score (nSPS) is 19.9. The van der Waals surface area contributed by atoms with E-state index in [-0.39, 0.29) is 11.7 Å². The van der Waals surface area contributed by atoms with Gasteiger partial charge in [0.05, 0.1) is 49.1 Å². The van der Waals surface area contributed by atoms with Gasteiger partial charge in [-0.1, -0.05) is 17.3 Å². The lowest BCUT2D eigenvalue weighted by molar-refractivity contribution is -0.0677. The highest BCUT2D eigenvalue weighted by molar-refractivity contribution is 5.94. The quantitative estimate of drug-likeness (QED) is 0.333. The van der Waals surface area contributed by atoms with Gasteiger partial charge in [0, 0.05) is 38.0 Å². The molecule has 11 nitrogen and oxygen atoms in total. The van der Waals surface area contributed by atoms with E-state index in [1.165, 1.54) is 17.5 Å². The van der Waals surface area contributed by atoms with Crippen molar-refractivity contribution in [3.63, 3.8) is 0 Å². The molecule has 1 unspecified atom stereocenters. The SMILES string of the molecule is Cn1cc(Nc2nccc(-c3ccc4c(c3)CN(C3COC3)CCC4CC(=O)c3cn(C4CCC4)nn3)n2)cn1. The number of anilines is 2. The summed E-state index contributed by atoms with van der Waals surface area (Å²) in [7, 11) is 1.87. The fourth-order valence-corrected chi connectivity index (χ4v) is 5.79. The number of carbonyl (C=O) groups is 1. The van der Waals surface area contributed by atoms with Crippen LogP contribution >= 0.6 is 0 Å². The van der Waals surface area contributed by atoms with Crippen molar-refractivity contribution in [2.24, 2.45) is 7.05 Å². The van der Waals surface area contributed by atoms with Gasteiger partial charge in [0.2, 0.25) is 5.95 Å². The number of ketones is 1. The summed E-state index contributed by atoms with van der Waals surface area (Å²) < 4.78 is 9.12. The third-order valence-corrected chi connectivity index (χ3v) is 8.45. The third-order valence-electron chi connectivity index (χ3n) is 8.45. The van der Waals surface area contributed by atoms with Gasteiger partial charge in [-0.15, -0.1) is 5.10 Å². The number of nitrogens with zero attached hydrogens (tertiary/aromatic N) is 8. The lowest BCUT2D eigenvalue weighted by Gasteiger charge is -2.36. The van der Waals surface area contributed by atoms with Crippen molar-refractivity contribution in [1.82, 2.24) is 39.6 Å². The van der Waals surface area contributed by atoms with Crippen molar-refractivity contribution < 1.29 is 9.53 Å². The third kappa shape index (κ3) is 5.02. The first kappa shape index (κ1) is 25.0. The molecule has 206 valence electrons. The first-order valence-electron chi connectivity index (χ1n) is 14.1. The average Bonchev–Trinajstić information content (AvgIpc) is 3.49. The van der Waals surface area contributed by atoms with Crippen LogP contribution in [0.2, 0.25) is 0 Å². The predicted molar refractivity (Wildman–Crippen MR) is 148 cm³/mol. The molecule has 3 aliphatic rings. The molecule has 1 N–H and O–H groups in total. The van der Waals surface area contributed by atoms with E-state index < -0.39 is 0 Å². The summed E-state index contributed by atoms with van der Waals surface area (Å²) in [6, 6.07) is 9.27. The number of nitrogens with one attached hydrogen (secondary N) is 1. The van der Waals surface area contributed by atoms with E-state index in [2.05, 4.69) is 48.8 Å². The van der Waals surface area contributed by atoms with Gasteiger partial charge < -0.3 is 10.1 Å². The zero-order valence-corrected chi connectivity index (χ0v) is 22.6. The Morgan fingerprint density at radius 2 is 2.02 bits per heavy atom. The zero-order valence-electron chi connectivity index (χ0n) is 22.6. The van der Waals surface area contributed by atoms with Gasteiger partial charge in [-0.3, -0.25) is 14.4 Å². The van der Waals surface area contributed by atoms with Crippen molar-refractivity contribution in [1.29, 1.82) is 0 Å². The predicted octanol–water partition coefficient (Wildman–Crippen LogP) is 3.90. The number of carbonyl (C=O) groups excluding carboxylic acids is 1. The molecular weight excluding hydrogens is 506 g/mol. The molecule has 0 amide bonds. The van der Waals surface area contributed by atoms with Crippen molar-refractivity contribution >= 4 is 17.4 Å². The standard InChI is InChI=1S/C29H33N9O2/c1-36-15-22(13-31-36)32-29-30-9-7-26(33-29)20-5-6-25-19(8-10-37(14-21(25)11-20)24-17-40-18-24)12-28(39)27-16-38(35-34-27)23-3-2-4-23/h5-7,9,11,13,15-16,19,23-24H,2-4,8,10,12,14,17-18H2,1H3,(H,30,32,33). The Labute approximate surface area is 232 Å². The monoisotopic (exact) mass is 539 g/mol. The lowest BCUT2D eigenvalue weighted by Crippen LogP contribution is -2.48.